The van der Waals surface area contributed by atoms with Crippen molar-refractivity contribution in [1.82, 2.24) is 0 Å². The van der Waals surface area contributed by atoms with E-state index in [0.29, 0.717) is 0 Å². The molecule has 0 aliphatic carbocycles. The summed E-state index contributed by atoms with van der Waals surface area (Å²) in [5.74, 6) is 3.68. The smallest absolute Gasteiger partial charge is 0.0101 e. The van der Waals surface area contributed by atoms with Crippen molar-refractivity contribution in [3.8, 4) is 0 Å². The van der Waals surface area contributed by atoms with Crippen LogP contribution in [0.1, 0.15) is 85.0 Å². The summed E-state index contributed by atoms with van der Waals surface area (Å²) < 4.78 is 0. The normalized spacial score (nSPS) is 12.9. The second-order valence-corrected chi connectivity index (χ2v) is 10.8. The lowest BCUT2D eigenvalue weighted by Crippen LogP contribution is -2.03. The third-order valence-corrected chi connectivity index (χ3v) is 8.76. The fourth-order valence-electron chi connectivity index (χ4n) is 2.34. The zero-order valence-corrected chi connectivity index (χ0v) is 14.6. The van der Waals surface area contributed by atoms with Crippen LogP contribution in [-0.2, 0) is 0 Å². The summed E-state index contributed by atoms with van der Waals surface area (Å²) in [6.45, 7) is 6.79. The highest BCUT2D eigenvalue weighted by Crippen LogP contribution is 2.53. The van der Waals surface area contributed by atoms with Crippen LogP contribution in [0.2, 0.25) is 0 Å². The Hall–Kier alpha value is 0.640. The quantitative estimate of drug-likeness (QED) is 0.324. The minimum absolute atomic E-state index is 0.750. The third kappa shape index (κ3) is 10.6. The summed E-state index contributed by atoms with van der Waals surface area (Å²) in [6.07, 6.45) is 14.2. The number of hydrogen-bond acceptors (Lipinski definition) is 0. The Morgan fingerprint density at radius 1 is 0.611 bits per heavy atom. The molecule has 0 spiro atoms. The van der Waals surface area contributed by atoms with E-state index in [0.717, 1.165) is 0 Å². The van der Waals surface area contributed by atoms with Gasteiger partial charge in [-0.05, 0) is 23.7 Å². The molecule has 2 heteroatoms. The lowest BCUT2D eigenvalue weighted by molar-refractivity contribution is 0.563. The first-order chi connectivity index (χ1) is 8.68. The Morgan fingerprint density at radius 2 is 1.00 bits per heavy atom. The van der Waals surface area contributed by atoms with Crippen LogP contribution in [0.25, 0.3) is 0 Å². The molecule has 0 N–H and O–H groups in total. The lowest BCUT2D eigenvalue weighted by atomic mass is 10.1. The van der Waals surface area contributed by atoms with E-state index in [4.69, 9.17) is 10.7 Å². The van der Waals surface area contributed by atoms with Crippen molar-refractivity contribution in [2.45, 2.75) is 85.0 Å². The predicted octanol–water partition coefficient (Wildman–Crippen LogP) is 6.91. The Morgan fingerprint density at radius 3 is 1.39 bits per heavy atom. The maximum Gasteiger partial charge on any atom is -0.0101 e. The molecular weight excluding hydrogens is 260 g/mol. The van der Waals surface area contributed by atoms with E-state index in [2.05, 4.69) is 20.8 Å². The van der Waals surface area contributed by atoms with Crippen molar-refractivity contribution in [2.24, 2.45) is 0 Å². The minimum Gasteiger partial charge on any atom is -0.164 e. The first-order valence-electron chi connectivity index (χ1n) is 8.14. The molecule has 0 rings (SSSR count). The number of hydrogen-bond donors (Lipinski definition) is 0. The van der Waals surface area contributed by atoms with Crippen molar-refractivity contribution < 1.29 is 0 Å². The summed E-state index contributed by atoms with van der Waals surface area (Å²) in [5, 5.41) is 0. The number of rotatable bonds is 13. The van der Waals surface area contributed by atoms with Gasteiger partial charge in [0.15, 0.2) is 0 Å². The SMILES string of the molecule is CCCCCCCCCCCCS(Cl)(CC)CC. The zero-order chi connectivity index (χ0) is 13.7. The molecule has 0 radical (unpaired) electrons. The van der Waals surface area contributed by atoms with Gasteiger partial charge in [0, 0.05) is 0 Å². The first kappa shape index (κ1) is 18.6. The highest BCUT2D eigenvalue weighted by Gasteiger charge is 2.14. The van der Waals surface area contributed by atoms with Gasteiger partial charge in [0.1, 0.15) is 0 Å². The fraction of sp³-hybridized carbons (Fsp3) is 1.00. The molecule has 112 valence electrons. The molecule has 0 nitrogen and oxygen atoms in total. The van der Waals surface area contributed by atoms with E-state index in [-0.39, 0.29) is 0 Å². The Kier molecular flexibility index (Phi) is 13.1. The topological polar surface area (TPSA) is 0 Å². The van der Waals surface area contributed by atoms with E-state index in [1.54, 1.807) is 0 Å². The van der Waals surface area contributed by atoms with Gasteiger partial charge in [-0.25, -0.2) is 0 Å². The van der Waals surface area contributed by atoms with E-state index in [9.17, 15) is 0 Å². The summed E-state index contributed by atoms with van der Waals surface area (Å²) in [4.78, 5) is 0. The largest absolute Gasteiger partial charge is 0.164 e. The minimum atomic E-state index is -0.750. The van der Waals surface area contributed by atoms with Crippen molar-refractivity contribution in [3.63, 3.8) is 0 Å². The average Bonchev–Trinajstić information content (AvgIpc) is 2.40. The Labute approximate surface area is 122 Å². The van der Waals surface area contributed by atoms with Gasteiger partial charge in [0.2, 0.25) is 0 Å². The van der Waals surface area contributed by atoms with Crippen LogP contribution in [0.5, 0.6) is 0 Å². The average molecular weight is 295 g/mol. The summed E-state index contributed by atoms with van der Waals surface area (Å²) >= 11 is 0. The van der Waals surface area contributed by atoms with Crippen LogP contribution < -0.4 is 0 Å². The van der Waals surface area contributed by atoms with Crippen LogP contribution in [0.4, 0.5) is 0 Å². The second-order valence-electron chi connectivity index (χ2n) is 5.40. The predicted molar refractivity (Wildman–Crippen MR) is 91.2 cm³/mol. The Balaban J connectivity index is 3.21. The van der Waals surface area contributed by atoms with E-state index >= 15 is 0 Å². The van der Waals surface area contributed by atoms with Gasteiger partial charge in [-0.3, -0.25) is 0 Å². The van der Waals surface area contributed by atoms with Gasteiger partial charge in [0.05, 0.1) is 0 Å². The van der Waals surface area contributed by atoms with Gasteiger partial charge < -0.3 is 0 Å². The van der Waals surface area contributed by atoms with Crippen molar-refractivity contribution >= 4 is 19.9 Å². The van der Waals surface area contributed by atoms with Gasteiger partial charge in [-0.1, -0.05) is 89.2 Å². The number of halogens is 1. The zero-order valence-electron chi connectivity index (χ0n) is 13.0. The van der Waals surface area contributed by atoms with Crippen LogP contribution in [0.15, 0.2) is 0 Å². The molecule has 0 amide bonds. The van der Waals surface area contributed by atoms with E-state index < -0.39 is 9.24 Å². The highest BCUT2D eigenvalue weighted by molar-refractivity contribution is 8.51. The molecule has 0 unspecified atom stereocenters. The van der Waals surface area contributed by atoms with Gasteiger partial charge >= 0.3 is 0 Å². The lowest BCUT2D eigenvalue weighted by Gasteiger charge is -2.30. The third-order valence-electron chi connectivity index (χ3n) is 3.90. The summed E-state index contributed by atoms with van der Waals surface area (Å²) in [7, 11) is 5.85. The molecule has 0 saturated heterocycles. The number of unbranched alkanes of at least 4 members (excludes halogenated alkanes) is 9. The molecule has 0 aromatic heterocycles. The molecule has 0 atom stereocenters. The van der Waals surface area contributed by atoms with Crippen molar-refractivity contribution in [2.75, 3.05) is 17.3 Å². The molecular formula is C16H35ClS. The molecule has 0 aliphatic heterocycles. The van der Waals surface area contributed by atoms with E-state index in [1.165, 1.54) is 81.5 Å². The van der Waals surface area contributed by atoms with Crippen LogP contribution in [-0.4, -0.2) is 17.3 Å². The fourth-order valence-corrected chi connectivity index (χ4v) is 4.38. The van der Waals surface area contributed by atoms with Gasteiger partial charge in [-0.2, -0.15) is 9.24 Å². The molecule has 0 heterocycles. The van der Waals surface area contributed by atoms with Crippen LogP contribution in [0, 0.1) is 0 Å². The maximum atomic E-state index is 6.60. The second kappa shape index (κ2) is 12.7. The molecule has 0 bridgehead atoms. The Bertz CT molecular complexity index is 166. The molecule has 0 aliphatic rings. The molecule has 0 fully saturated rings. The summed E-state index contributed by atoms with van der Waals surface area (Å²) in [6, 6.07) is 0. The molecule has 0 saturated carbocycles. The highest BCUT2D eigenvalue weighted by atomic mass is 35.7. The molecule has 0 aromatic carbocycles. The molecule has 18 heavy (non-hydrogen) atoms. The molecule has 0 aromatic rings. The van der Waals surface area contributed by atoms with Gasteiger partial charge in [0.25, 0.3) is 0 Å². The summed E-state index contributed by atoms with van der Waals surface area (Å²) in [5.41, 5.74) is 0. The first-order valence-corrected chi connectivity index (χ1v) is 11.1. The van der Waals surface area contributed by atoms with Crippen molar-refractivity contribution in [3.05, 3.63) is 0 Å². The van der Waals surface area contributed by atoms with Crippen molar-refractivity contribution in [1.29, 1.82) is 0 Å². The van der Waals surface area contributed by atoms with Crippen LogP contribution in [0.3, 0.4) is 0 Å². The van der Waals surface area contributed by atoms with Crippen LogP contribution >= 0.6 is 19.9 Å². The standard InChI is InChI=1S/C16H35ClS/c1-4-7-8-9-10-11-12-13-14-15-16-18(17,5-2)6-3/h4-16H2,1-3H3. The van der Waals surface area contributed by atoms with Gasteiger partial charge in [-0.15, -0.1) is 0 Å². The maximum absolute atomic E-state index is 6.60. The monoisotopic (exact) mass is 294 g/mol. The van der Waals surface area contributed by atoms with E-state index in [1.807, 2.05) is 0 Å².